The van der Waals surface area contributed by atoms with Gasteiger partial charge in [0.2, 0.25) is 11.8 Å². The lowest BCUT2D eigenvalue weighted by Crippen LogP contribution is -2.23. The van der Waals surface area contributed by atoms with E-state index in [0.717, 1.165) is 88.2 Å². The number of hydrogen-bond donors (Lipinski definition) is 4. The van der Waals surface area contributed by atoms with E-state index >= 15 is 0 Å². The highest BCUT2D eigenvalue weighted by molar-refractivity contribution is 5.76. The maximum atomic E-state index is 12.4. The average Bonchev–Trinajstić information content (AvgIpc) is 3.11. The lowest BCUT2D eigenvalue weighted by Gasteiger charge is -2.11. The maximum absolute atomic E-state index is 12.4. The van der Waals surface area contributed by atoms with E-state index in [1.165, 1.54) is 103 Å². The molecule has 2 atom stereocenters. The molecule has 0 fully saturated rings. The minimum absolute atomic E-state index is 0.0648. The Hall–Kier alpha value is -1.92. The summed E-state index contributed by atoms with van der Waals surface area (Å²) < 4.78 is 0. The van der Waals surface area contributed by atoms with Gasteiger partial charge >= 0.3 is 0 Å². The average molecular weight is 701 g/mol. The van der Waals surface area contributed by atoms with Gasteiger partial charge < -0.3 is 20.8 Å². The number of hydrogen-bond acceptors (Lipinski definition) is 4. The van der Waals surface area contributed by atoms with Crippen LogP contribution in [0.1, 0.15) is 218 Å². The summed E-state index contributed by atoms with van der Waals surface area (Å²) in [5.41, 5.74) is 2.07. The summed E-state index contributed by atoms with van der Waals surface area (Å²) in [4.78, 5) is 24.8. The first-order valence-corrected chi connectivity index (χ1v) is 21.4. The highest BCUT2D eigenvalue weighted by Gasteiger charge is 2.08. The van der Waals surface area contributed by atoms with Crippen molar-refractivity contribution in [3.8, 4) is 0 Å². The monoisotopic (exact) mass is 701 g/mol. The molecular weight excluding hydrogens is 620 g/mol. The number of amides is 2. The summed E-state index contributed by atoms with van der Waals surface area (Å²) in [7, 11) is 0. The Morgan fingerprint density at radius 1 is 0.480 bits per heavy atom. The third-order valence-electron chi connectivity index (χ3n) is 10.1. The number of carbonyl (C=O) groups excluding carboxylic acids is 2. The first kappa shape index (κ1) is 46.1. The zero-order valence-corrected chi connectivity index (χ0v) is 32.8. The van der Waals surface area contributed by atoms with Crippen molar-refractivity contribution in [2.75, 3.05) is 0 Å². The molecule has 0 bridgehead atoms. The van der Waals surface area contributed by atoms with Crippen LogP contribution in [-0.2, 0) is 22.7 Å². The molecular formula is C44H80N2O4. The maximum Gasteiger partial charge on any atom is 0.220 e. The van der Waals surface area contributed by atoms with Crippen molar-refractivity contribution in [3.63, 3.8) is 0 Å². The van der Waals surface area contributed by atoms with Crippen LogP contribution in [0.5, 0.6) is 0 Å². The summed E-state index contributed by atoms with van der Waals surface area (Å²) in [6.07, 6.45) is 33.2. The van der Waals surface area contributed by atoms with Gasteiger partial charge in [-0.05, 0) is 49.7 Å². The third-order valence-corrected chi connectivity index (χ3v) is 10.1. The van der Waals surface area contributed by atoms with E-state index in [0.29, 0.717) is 25.9 Å². The Morgan fingerprint density at radius 2 is 0.780 bits per heavy atom. The van der Waals surface area contributed by atoms with Gasteiger partial charge in [0.25, 0.3) is 0 Å². The highest BCUT2D eigenvalue weighted by atomic mass is 16.3. The number of nitrogens with one attached hydrogen (secondary N) is 2. The summed E-state index contributed by atoms with van der Waals surface area (Å²) >= 11 is 0. The fraction of sp³-hybridized carbons (Fsp3) is 0.818. The molecule has 6 heteroatoms. The first-order valence-electron chi connectivity index (χ1n) is 21.4. The predicted molar refractivity (Wildman–Crippen MR) is 212 cm³/mol. The summed E-state index contributed by atoms with van der Waals surface area (Å²) in [6.45, 7) is 5.49. The lowest BCUT2D eigenvalue weighted by atomic mass is 10.0. The van der Waals surface area contributed by atoms with Gasteiger partial charge in [0.1, 0.15) is 0 Å². The van der Waals surface area contributed by atoms with Gasteiger partial charge in [-0.1, -0.05) is 179 Å². The molecule has 0 aliphatic rings. The standard InChI is InChI=1S/C44H80N2O4/c1-3-5-7-9-11-13-15-17-21-30-41(47)32-23-19-25-34-43(49)45-37-39-28-27-29-40(36-39)38-46-44(50)35-26-20-24-33-42(48)31-22-18-16-14-12-10-8-6-4-2/h27-29,36,41-42,47-48H,3-26,30-35,37-38H2,1-2H3,(H,45,49)(H,46,50). The van der Waals surface area contributed by atoms with Crippen molar-refractivity contribution in [2.45, 2.75) is 232 Å². The summed E-state index contributed by atoms with van der Waals surface area (Å²) in [5, 5.41) is 26.6. The molecule has 0 saturated carbocycles. The Labute approximate surface area is 308 Å². The number of rotatable bonds is 36. The fourth-order valence-electron chi connectivity index (χ4n) is 6.78. The van der Waals surface area contributed by atoms with E-state index in [2.05, 4.69) is 24.5 Å². The number of unbranched alkanes of at least 4 members (excludes halogenated alkanes) is 20. The zero-order valence-electron chi connectivity index (χ0n) is 32.8. The number of aliphatic hydroxyl groups is 2. The molecule has 2 amide bonds. The Bertz CT molecular complexity index is 854. The second kappa shape index (κ2) is 34.2. The molecule has 0 aromatic heterocycles. The molecule has 0 spiro atoms. The van der Waals surface area contributed by atoms with Crippen molar-refractivity contribution in [2.24, 2.45) is 0 Å². The zero-order chi connectivity index (χ0) is 36.3. The van der Waals surface area contributed by atoms with E-state index in [1.807, 2.05) is 24.3 Å². The van der Waals surface area contributed by atoms with Crippen LogP contribution in [0.3, 0.4) is 0 Å². The number of carbonyl (C=O) groups is 2. The molecule has 6 nitrogen and oxygen atoms in total. The number of aliphatic hydroxyl groups excluding tert-OH is 2. The van der Waals surface area contributed by atoms with Crippen molar-refractivity contribution < 1.29 is 19.8 Å². The van der Waals surface area contributed by atoms with Crippen LogP contribution in [0.15, 0.2) is 24.3 Å². The van der Waals surface area contributed by atoms with Crippen LogP contribution in [0.25, 0.3) is 0 Å². The van der Waals surface area contributed by atoms with Crippen molar-refractivity contribution >= 4 is 11.8 Å². The minimum atomic E-state index is -0.200. The van der Waals surface area contributed by atoms with E-state index in [9.17, 15) is 19.8 Å². The van der Waals surface area contributed by atoms with Crippen LogP contribution < -0.4 is 10.6 Å². The smallest absolute Gasteiger partial charge is 0.220 e. The second-order valence-corrected chi connectivity index (χ2v) is 15.1. The summed E-state index contributed by atoms with van der Waals surface area (Å²) in [6, 6.07) is 8.03. The topological polar surface area (TPSA) is 98.7 Å². The molecule has 50 heavy (non-hydrogen) atoms. The molecule has 0 heterocycles. The molecule has 290 valence electrons. The van der Waals surface area contributed by atoms with Crippen LogP contribution in [0, 0.1) is 0 Å². The molecule has 0 aliphatic carbocycles. The Balaban J connectivity index is 2.02. The van der Waals surface area contributed by atoms with E-state index in [4.69, 9.17) is 0 Å². The molecule has 1 rings (SSSR count). The van der Waals surface area contributed by atoms with Crippen molar-refractivity contribution in [1.82, 2.24) is 10.6 Å². The second-order valence-electron chi connectivity index (χ2n) is 15.1. The molecule has 4 N–H and O–H groups in total. The molecule has 0 aliphatic heterocycles. The molecule has 0 radical (unpaired) electrons. The first-order chi connectivity index (χ1) is 24.4. The third kappa shape index (κ3) is 29.8. The SMILES string of the molecule is CCCCCCCCCCCC(O)CCCCCC(=O)NCc1cccc(CNC(=O)CCCCCC(O)CCCCCCCCCCC)c1. The van der Waals surface area contributed by atoms with Gasteiger partial charge in [0, 0.05) is 25.9 Å². The van der Waals surface area contributed by atoms with E-state index in [-0.39, 0.29) is 24.0 Å². The highest BCUT2D eigenvalue weighted by Crippen LogP contribution is 2.16. The Morgan fingerprint density at radius 3 is 1.12 bits per heavy atom. The molecule has 1 aromatic carbocycles. The van der Waals surface area contributed by atoms with Crippen molar-refractivity contribution in [1.29, 1.82) is 0 Å². The fourth-order valence-corrected chi connectivity index (χ4v) is 6.78. The number of benzene rings is 1. The summed E-state index contributed by atoms with van der Waals surface area (Å²) in [5.74, 6) is 0.130. The molecule has 1 aromatic rings. The molecule has 0 saturated heterocycles. The van der Waals surface area contributed by atoms with Crippen LogP contribution in [0.4, 0.5) is 0 Å². The van der Waals surface area contributed by atoms with Gasteiger partial charge in [0.15, 0.2) is 0 Å². The lowest BCUT2D eigenvalue weighted by molar-refractivity contribution is -0.122. The Kier molecular flexibility index (Phi) is 31.5. The van der Waals surface area contributed by atoms with Crippen molar-refractivity contribution in [3.05, 3.63) is 35.4 Å². The van der Waals surface area contributed by atoms with Gasteiger partial charge in [-0.15, -0.1) is 0 Å². The predicted octanol–water partition coefficient (Wildman–Crippen LogP) is 11.4. The largest absolute Gasteiger partial charge is 0.393 e. The van der Waals surface area contributed by atoms with Gasteiger partial charge in [0.05, 0.1) is 12.2 Å². The van der Waals surface area contributed by atoms with Crippen LogP contribution >= 0.6 is 0 Å². The van der Waals surface area contributed by atoms with E-state index < -0.39 is 0 Å². The van der Waals surface area contributed by atoms with Crippen LogP contribution in [-0.4, -0.2) is 34.2 Å². The molecule has 2 unspecified atom stereocenters. The normalized spacial score (nSPS) is 12.6. The van der Waals surface area contributed by atoms with Gasteiger partial charge in [-0.2, -0.15) is 0 Å². The van der Waals surface area contributed by atoms with Crippen LogP contribution in [0.2, 0.25) is 0 Å². The quantitative estimate of drug-likeness (QED) is 0.0524. The van der Waals surface area contributed by atoms with Gasteiger partial charge in [-0.25, -0.2) is 0 Å². The minimum Gasteiger partial charge on any atom is -0.393 e. The van der Waals surface area contributed by atoms with E-state index in [1.54, 1.807) is 0 Å². The van der Waals surface area contributed by atoms with Gasteiger partial charge in [-0.3, -0.25) is 9.59 Å².